The van der Waals surface area contributed by atoms with E-state index in [4.69, 9.17) is 11.1 Å². The van der Waals surface area contributed by atoms with Crippen molar-refractivity contribution in [3.8, 4) is 0 Å². The molecule has 26 heavy (non-hydrogen) atoms. The van der Waals surface area contributed by atoms with Crippen LogP contribution in [0.1, 0.15) is 5.56 Å². The van der Waals surface area contributed by atoms with Gasteiger partial charge in [0.1, 0.15) is 6.33 Å². The molecule has 0 saturated heterocycles. The van der Waals surface area contributed by atoms with Crippen molar-refractivity contribution in [1.82, 2.24) is 14.3 Å². The highest BCUT2D eigenvalue weighted by molar-refractivity contribution is 6.11. The first-order valence-corrected chi connectivity index (χ1v) is 8.39. The van der Waals surface area contributed by atoms with Crippen molar-refractivity contribution in [3.63, 3.8) is 0 Å². The van der Waals surface area contributed by atoms with Crippen LogP contribution in [0.5, 0.6) is 0 Å². The van der Waals surface area contributed by atoms with Crippen LogP contribution in [0.3, 0.4) is 0 Å². The van der Waals surface area contributed by atoms with Gasteiger partial charge < -0.3 is 21.4 Å². The van der Waals surface area contributed by atoms with Crippen molar-refractivity contribution in [2.45, 2.75) is 0 Å². The monoisotopic (exact) mass is 348 g/mol. The molecule has 2 heterocycles. The Labute approximate surface area is 149 Å². The minimum Gasteiger partial charge on any atom is -0.398 e. The van der Waals surface area contributed by atoms with Gasteiger partial charge in [-0.2, -0.15) is 0 Å². The minimum atomic E-state index is -0.128. The molecule has 0 fully saturated rings. The molecule has 0 saturated carbocycles. The highest BCUT2D eigenvalue weighted by atomic mass is 16.1. The van der Waals surface area contributed by atoms with Crippen LogP contribution in [-0.2, 0) is 0 Å². The lowest BCUT2D eigenvalue weighted by Gasteiger charge is -2.14. The predicted octanol–water partition coefficient (Wildman–Crippen LogP) is 1.99. The standard InChI is InChI=1S/C19H20N6O/c1-24(2)8-7-22-13-4-5-14-18-17(13)19(26)16-11(9-20)12(21)3-6-15(16)25(18)10-23-14/h3-6,9-10,20,22H,7-8,21H2,1-2H3. The van der Waals surface area contributed by atoms with Crippen molar-refractivity contribution < 1.29 is 0 Å². The summed E-state index contributed by atoms with van der Waals surface area (Å²) in [7, 11) is 4.01. The third-order valence-corrected chi connectivity index (χ3v) is 4.70. The molecule has 0 aliphatic rings. The van der Waals surface area contributed by atoms with Crippen LogP contribution in [0, 0.1) is 5.41 Å². The van der Waals surface area contributed by atoms with Crippen LogP contribution < -0.4 is 16.5 Å². The molecular weight excluding hydrogens is 328 g/mol. The third kappa shape index (κ3) is 2.28. The zero-order valence-electron chi connectivity index (χ0n) is 14.7. The van der Waals surface area contributed by atoms with Crippen LogP contribution in [0.2, 0.25) is 0 Å². The predicted molar refractivity (Wildman–Crippen MR) is 107 cm³/mol. The number of likely N-dealkylation sites (N-methyl/N-ethyl adjacent to an activating group) is 1. The Morgan fingerprint density at radius 3 is 2.81 bits per heavy atom. The van der Waals surface area contributed by atoms with Gasteiger partial charge in [-0.05, 0) is 38.4 Å². The van der Waals surface area contributed by atoms with Crippen LogP contribution in [-0.4, -0.2) is 47.7 Å². The van der Waals surface area contributed by atoms with Gasteiger partial charge >= 0.3 is 0 Å². The van der Waals surface area contributed by atoms with E-state index in [1.165, 1.54) is 0 Å². The number of pyridine rings is 1. The van der Waals surface area contributed by atoms with Crippen LogP contribution >= 0.6 is 0 Å². The first kappa shape index (κ1) is 16.3. The summed E-state index contributed by atoms with van der Waals surface area (Å²) in [5.41, 5.74) is 9.80. The zero-order valence-corrected chi connectivity index (χ0v) is 14.7. The highest BCUT2D eigenvalue weighted by Crippen LogP contribution is 2.30. The molecule has 7 heteroatoms. The van der Waals surface area contributed by atoms with E-state index in [1.54, 1.807) is 12.4 Å². The number of rotatable bonds is 5. The number of nitrogens with zero attached hydrogens (tertiary/aromatic N) is 3. The van der Waals surface area contributed by atoms with Gasteiger partial charge in [0.05, 0.1) is 27.3 Å². The van der Waals surface area contributed by atoms with E-state index in [1.807, 2.05) is 36.7 Å². The molecule has 0 amide bonds. The maximum absolute atomic E-state index is 13.4. The molecular formula is C19H20N6O. The fourth-order valence-electron chi connectivity index (χ4n) is 3.42. The molecule has 0 bridgehead atoms. The second-order valence-electron chi connectivity index (χ2n) is 6.64. The summed E-state index contributed by atoms with van der Waals surface area (Å²) >= 11 is 0. The molecule has 7 nitrogen and oxygen atoms in total. The van der Waals surface area contributed by atoms with E-state index in [0.29, 0.717) is 34.1 Å². The van der Waals surface area contributed by atoms with Gasteiger partial charge in [0.25, 0.3) is 0 Å². The molecule has 4 aromatic rings. The molecule has 0 aliphatic heterocycles. The van der Waals surface area contributed by atoms with Gasteiger partial charge in [0.15, 0.2) is 5.43 Å². The average molecular weight is 348 g/mol. The lowest BCUT2D eigenvalue weighted by molar-refractivity contribution is 0.425. The first-order valence-electron chi connectivity index (χ1n) is 8.39. The van der Waals surface area contributed by atoms with Gasteiger partial charge in [0, 0.05) is 36.2 Å². The van der Waals surface area contributed by atoms with Crippen molar-refractivity contribution >= 4 is 44.9 Å². The number of aromatic nitrogens is 2. The minimum absolute atomic E-state index is 0.128. The average Bonchev–Trinajstić information content (AvgIpc) is 3.04. The number of nitrogens with one attached hydrogen (secondary N) is 2. The van der Waals surface area contributed by atoms with E-state index in [0.717, 1.165) is 29.5 Å². The summed E-state index contributed by atoms with van der Waals surface area (Å²) in [6.07, 6.45) is 2.86. The Kier molecular flexibility index (Phi) is 3.73. The van der Waals surface area contributed by atoms with Crippen molar-refractivity contribution in [1.29, 1.82) is 5.41 Å². The zero-order chi connectivity index (χ0) is 18.4. The molecule has 0 spiro atoms. The summed E-state index contributed by atoms with van der Waals surface area (Å²) in [6.45, 7) is 1.56. The van der Waals surface area contributed by atoms with Gasteiger partial charge in [-0.1, -0.05) is 0 Å². The SMILES string of the molecule is CN(C)CCNc1ccc2ncn3c4ccc(N)c(C=N)c4c(=O)c1c23. The topological polar surface area (TPSA) is 99.5 Å². The van der Waals surface area contributed by atoms with Gasteiger partial charge in [-0.25, -0.2) is 4.98 Å². The second-order valence-corrected chi connectivity index (χ2v) is 6.64. The normalized spacial score (nSPS) is 11.8. The van der Waals surface area contributed by atoms with Crippen molar-refractivity contribution in [2.24, 2.45) is 0 Å². The Bertz CT molecular complexity index is 1190. The van der Waals surface area contributed by atoms with E-state index in [9.17, 15) is 4.79 Å². The molecule has 0 aliphatic carbocycles. The molecule has 0 radical (unpaired) electrons. The van der Waals surface area contributed by atoms with Crippen LogP contribution in [0.25, 0.3) is 27.3 Å². The lowest BCUT2D eigenvalue weighted by atomic mass is 10.0. The number of nitrogens with two attached hydrogens (primary N) is 1. The third-order valence-electron chi connectivity index (χ3n) is 4.70. The van der Waals surface area contributed by atoms with Gasteiger partial charge in [-0.15, -0.1) is 0 Å². The second kappa shape index (κ2) is 5.96. The maximum atomic E-state index is 13.4. The molecule has 2 aromatic heterocycles. The molecule has 132 valence electrons. The molecule has 4 N–H and O–H groups in total. The Morgan fingerprint density at radius 1 is 1.27 bits per heavy atom. The van der Waals surface area contributed by atoms with Gasteiger partial charge in [0.2, 0.25) is 0 Å². The van der Waals surface area contributed by atoms with Crippen molar-refractivity contribution in [3.05, 3.63) is 46.4 Å². The fourth-order valence-corrected chi connectivity index (χ4v) is 3.42. The van der Waals surface area contributed by atoms with E-state index < -0.39 is 0 Å². The molecule has 0 atom stereocenters. The van der Waals surface area contributed by atoms with Crippen LogP contribution in [0.15, 0.2) is 35.4 Å². The lowest BCUT2D eigenvalue weighted by Crippen LogP contribution is -2.21. The smallest absolute Gasteiger partial charge is 0.200 e. The van der Waals surface area contributed by atoms with Crippen LogP contribution in [0.4, 0.5) is 11.4 Å². The number of hydrogen-bond acceptors (Lipinski definition) is 6. The highest BCUT2D eigenvalue weighted by Gasteiger charge is 2.18. The summed E-state index contributed by atoms with van der Waals surface area (Å²) < 4.78 is 1.91. The molecule has 4 rings (SSSR count). The van der Waals surface area contributed by atoms with E-state index in [-0.39, 0.29) is 5.43 Å². The number of fused-ring (bicyclic) bond motifs is 2. The molecule has 0 unspecified atom stereocenters. The Balaban J connectivity index is 2.09. The number of imidazole rings is 1. The quantitative estimate of drug-likeness (QED) is 0.291. The number of nitrogen functional groups attached to an aromatic ring is 1. The first-order chi connectivity index (χ1) is 12.5. The summed E-state index contributed by atoms with van der Waals surface area (Å²) in [5.74, 6) is 0. The van der Waals surface area contributed by atoms with E-state index in [2.05, 4.69) is 15.2 Å². The molecule has 2 aromatic carbocycles. The Morgan fingerprint density at radius 2 is 2.08 bits per heavy atom. The summed E-state index contributed by atoms with van der Waals surface area (Å²) in [6, 6.07) is 7.35. The van der Waals surface area contributed by atoms with Crippen molar-refractivity contribution in [2.75, 3.05) is 38.2 Å². The maximum Gasteiger partial charge on any atom is 0.200 e. The van der Waals surface area contributed by atoms with Gasteiger partial charge in [-0.3, -0.25) is 9.20 Å². The fraction of sp³-hybridized carbons (Fsp3) is 0.211. The largest absolute Gasteiger partial charge is 0.398 e. The summed E-state index contributed by atoms with van der Waals surface area (Å²) in [5, 5.41) is 12.1. The Hall–Kier alpha value is -3.19. The number of benzene rings is 2. The van der Waals surface area contributed by atoms with E-state index >= 15 is 0 Å². The summed E-state index contributed by atoms with van der Waals surface area (Å²) in [4.78, 5) is 19.9. The number of hydrogen-bond donors (Lipinski definition) is 3. The number of anilines is 2.